The highest BCUT2D eigenvalue weighted by atomic mass is 32.2. The number of benzene rings is 1. The number of halogens is 4. The molecule has 3 unspecified atom stereocenters. The van der Waals surface area contributed by atoms with Crippen molar-refractivity contribution in [1.29, 1.82) is 0 Å². The van der Waals surface area contributed by atoms with Crippen LogP contribution >= 0.6 is 0 Å². The Kier molecular flexibility index (Phi) is 6.24. The third kappa shape index (κ3) is 4.77. The summed E-state index contributed by atoms with van der Waals surface area (Å²) in [6.45, 7) is 0. The minimum atomic E-state index is -4.83. The largest absolute Gasteiger partial charge is 0.760 e. The highest BCUT2D eigenvalue weighted by Gasteiger charge is 2.42. The molecule has 0 radical (unpaired) electrons. The summed E-state index contributed by atoms with van der Waals surface area (Å²) < 4.78 is 79.0. The lowest BCUT2D eigenvalue weighted by atomic mass is 10.00. The number of aromatic nitrogens is 2. The molecule has 14 heteroatoms. The van der Waals surface area contributed by atoms with E-state index in [0.29, 0.717) is 31.9 Å². The normalized spacial score (nSPS) is 23.8. The molecular weight excluding hydrogens is 468 g/mol. The van der Waals surface area contributed by atoms with Crippen LogP contribution in [-0.2, 0) is 17.4 Å². The van der Waals surface area contributed by atoms with E-state index in [-0.39, 0.29) is 29.8 Å². The summed E-state index contributed by atoms with van der Waals surface area (Å²) in [6, 6.07) is 2.73. The molecule has 9 nitrogen and oxygen atoms in total. The SMILES string of the molecule is NC(=O)c1c(F)cccc1Nc1nc(NC2CC3CCC(C2)N3S(=O)[O-])ncc1C(F)(F)F. The summed E-state index contributed by atoms with van der Waals surface area (Å²) in [5.74, 6) is -2.96. The van der Waals surface area contributed by atoms with E-state index in [1.54, 1.807) is 0 Å². The number of nitrogens with two attached hydrogens (primary N) is 1. The third-order valence-electron chi connectivity index (χ3n) is 5.78. The molecule has 2 aliphatic rings. The zero-order chi connectivity index (χ0) is 23.9. The van der Waals surface area contributed by atoms with Crippen molar-refractivity contribution in [3.63, 3.8) is 0 Å². The van der Waals surface area contributed by atoms with E-state index >= 15 is 0 Å². The Balaban J connectivity index is 1.61. The fraction of sp³-hybridized carbons (Fsp3) is 0.421. The molecule has 1 aromatic carbocycles. The van der Waals surface area contributed by atoms with Gasteiger partial charge in [-0.3, -0.25) is 9.00 Å². The first-order valence-corrected chi connectivity index (χ1v) is 11.0. The maximum Gasteiger partial charge on any atom is 0.421 e. The second kappa shape index (κ2) is 8.83. The smallest absolute Gasteiger partial charge is 0.421 e. The number of alkyl halides is 3. The molecule has 1 amide bonds. The van der Waals surface area contributed by atoms with Gasteiger partial charge in [0.05, 0.1) is 11.3 Å². The van der Waals surface area contributed by atoms with E-state index in [9.17, 15) is 31.1 Å². The minimum absolute atomic E-state index is 0.122. The molecule has 1 aromatic heterocycles. The molecule has 0 saturated carbocycles. The summed E-state index contributed by atoms with van der Waals surface area (Å²) in [7, 11) is 0. The number of rotatable bonds is 6. The average molecular weight is 487 g/mol. The molecule has 178 valence electrons. The van der Waals surface area contributed by atoms with Crippen LogP contribution in [0.1, 0.15) is 41.6 Å². The van der Waals surface area contributed by atoms with Gasteiger partial charge in [0.1, 0.15) is 17.2 Å². The van der Waals surface area contributed by atoms with Gasteiger partial charge in [-0.1, -0.05) is 6.07 Å². The van der Waals surface area contributed by atoms with Crippen molar-refractivity contribution in [2.24, 2.45) is 5.73 Å². The van der Waals surface area contributed by atoms with Gasteiger partial charge in [0, 0.05) is 35.6 Å². The molecular formula is C19H19F4N6O3S-. The first kappa shape index (κ1) is 23.3. The fourth-order valence-corrected chi connectivity index (χ4v) is 5.31. The van der Waals surface area contributed by atoms with Crippen molar-refractivity contribution in [2.75, 3.05) is 10.6 Å². The number of nitrogens with one attached hydrogen (secondary N) is 2. The van der Waals surface area contributed by atoms with Crippen LogP contribution < -0.4 is 16.4 Å². The molecule has 33 heavy (non-hydrogen) atoms. The number of nitrogens with zero attached hydrogens (tertiary/aromatic N) is 3. The zero-order valence-electron chi connectivity index (χ0n) is 16.9. The Morgan fingerprint density at radius 2 is 1.91 bits per heavy atom. The molecule has 4 rings (SSSR count). The number of hydrogen-bond donors (Lipinski definition) is 3. The lowest BCUT2D eigenvalue weighted by Gasteiger charge is -2.39. The standard InChI is InChI=1S/C19H20F4N6O3S/c20-13-2-1-3-14(15(13)16(24)30)27-17-12(19(21,22)23)8-25-18(28-17)26-9-6-10-4-5-11(7-9)29(10)33(31)32/h1-3,8-11H,4-7H2,(H2,24,30)(H,31,32)(H2,25,26,27,28)/p-1. The summed E-state index contributed by atoms with van der Waals surface area (Å²) >= 11 is -2.34. The molecule has 4 N–H and O–H groups in total. The predicted octanol–water partition coefficient (Wildman–Crippen LogP) is 2.68. The Hall–Kier alpha value is -2.84. The lowest BCUT2D eigenvalue weighted by molar-refractivity contribution is -0.137. The van der Waals surface area contributed by atoms with Crippen LogP contribution in [0, 0.1) is 5.82 Å². The van der Waals surface area contributed by atoms with Crippen molar-refractivity contribution in [2.45, 2.75) is 50.0 Å². The van der Waals surface area contributed by atoms with Gasteiger partial charge in [-0.05, 0) is 37.8 Å². The summed E-state index contributed by atoms with van der Waals surface area (Å²) in [4.78, 5) is 19.3. The number of amides is 1. The maximum absolute atomic E-state index is 14.0. The van der Waals surface area contributed by atoms with Crippen LogP contribution in [0.15, 0.2) is 24.4 Å². The molecule has 2 aromatic rings. The first-order chi connectivity index (χ1) is 15.5. The number of anilines is 3. The van der Waals surface area contributed by atoms with Crippen molar-refractivity contribution in [3.8, 4) is 0 Å². The van der Waals surface area contributed by atoms with Crippen LogP contribution in [0.25, 0.3) is 0 Å². The van der Waals surface area contributed by atoms with Crippen molar-refractivity contribution < 1.29 is 31.1 Å². The number of fused-ring (bicyclic) bond motifs is 2. The number of primary amides is 1. The van der Waals surface area contributed by atoms with Crippen molar-refractivity contribution >= 4 is 34.6 Å². The fourth-order valence-electron chi connectivity index (χ4n) is 4.44. The molecule has 2 fully saturated rings. The molecule has 3 heterocycles. The summed E-state index contributed by atoms with van der Waals surface area (Å²) in [5, 5.41) is 5.33. The number of piperidine rings is 1. The minimum Gasteiger partial charge on any atom is -0.760 e. The van der Waals surface area contributed by atoms with E-state index < -0.39 is 46.1 Å². The monoisotopic (exact) mass is 487 g/mol. The van der Waals surface area contributed by atoms with Gasteiger partial charge in [-0.2, -0.15) is 18.2 Å². The van der Waals surface area contributed by atoms with Gasteiger partial charge in [0.2, 0.25) is 5.95 Å². The second-order valence-corrected chi connectivity index (χ2v) is 8.74. The maximum atomic E-state index is 14.0. The van der Waals surface area contributed by atoms with E-state index in [2.05, 4.69) is 20.6 Å². The van der Waals surface area contributed by atoms with Crippen molar-refractivity contribution in [1.82, 2.24) is 14.3 Å². The molecule has 0 aliphatic carbocycles. The Labute approximate surface area is 188 Å². The van der Waals surface area contributed by atoms with Crippen LogP contribution in [0.5, 0.6) is 0 Å². The predicted molar refractivity (Wildman–Crippen MR) is 109 cm³/mol. The second-order valence-electron chi connectivity index (χ2n) is 7.88. The molecule has 3 atom stereocenters. The topological polar surface area (TPSA) is 136 Å². The Bertz CT molecular complexity index is 1090. The molecule has 0 spiro atoms. The van der Waals surface area contributed by atoms with E-state index in [4.69, 9.17) is 5.73 Å². The molecule has 2 saturated heterocycles. The number of carbonyl (C=O) groups is 1. The van der Waals surface area contributed by atoms with Crippen molar-refractivity contribution in [3.05, 3.63) is 41.3 Å². The number of hydrogen-bond acceptors (Lipinski definition) is 7. The van der Waals surface area contributed by atoms with Gasteiger partial charge >= 0.3 is 6.18 Å². The quantitative estimate of drug-likeness (QED) is 0.421. The third-order valence-corrected chi connectivity index (χ3v) is 6.72. The molecule has 2 aliphatic heterocycles. The summed E-state index contributed by atoms with van der Waals surface area (Å²) in [5.41, 5.74) is 3.08. The van der Waals surface area contributed by atoms with E-state index in [1.807, 2.05) is 0 Å². The van der Waals surface area contributed by atoms with E-state index in [1.165, 1.54) is 16.4 Å². The van der Waals surface area contributed by atoms with Crippen LogP contribution in [0.3, 0.4) is 0 Å². The van der Waals surface area contributed by atoms with E-state index in [0.717, 1.165) is 6.07 Å². The van der Waals surface area contributed by atoms with Crippen LogP contribution in [0.2, 0.25) is 0 Å². The average Bonchev–Trinajstić information content (AvgIpc) is 2.98. The van der Waals surface area contributed by atoms with Gasteiger partial charge in [0.15, 0.2) is 0 Å². The first-order valence-electron chi connectivity index (χ1n) is 9.98. The Morgan fingerprint density at radius 3 is 2.48 bits per heavy atom. The number of carbonyl (C=O) groups excluding carboxylic acids is 1. The van der Waals surface area contributed by atoms with Crippen LogP contribution in [-0.4, -0.2) is 47.1 Å². The van der Waals surface area contributed by atoms with Gasteiger partial charge in [-0.15, -0.1) is 0 Å². The van der Waals surface area contributed by atoms with Gasteiger partial charge in [0.25, 0.3) is 5.91 Å². The lowest BCUT2D eigenvalue weighted by Crippen LogP contribution is -2.47. The van der Waals surface area contributed by atoms with Gasteiger partial charge in [-0.25, -0.2) is 13.7 Å². The zero-order valence-corrected chi connectivity index (χ0v) is 17.8. The summed E-state index contributed by atoms with van der Waals surface area (Å²) in [6.07, 6.45) is -1.94. The molecule has 2 bridgehead atoms. The highest BCUT2D eigenvalue weighted by Crippen LogP contribution is 2.38. The van der Waals surface area contributed by atoms with Gasteiger partial charge < -0.3 is 20.9 Å². The Morgan fingerprint density at radius 1 is 1.24 bits per heavy atom. The highest BCUT2D eigenvalue weighted by molar-refractivity contribution is 7.76. The van der Waals surface area contributed by atoms with Crippen LogP contribution in [0.4, 0.5) is 35.0 Å².